The van der Waals surface area contributed by atoms with Gasteiger partial charge < -0.3 is 4.90 Å². The predicted molar refractivity (Wildman–Crippen MR) is 74.8 cm³/mol. The maximum Gasteiger partial charge on any atom is 0.242 e. The third-order valence-corrected chi connectivity index (χ3v) is 4.73. The van der Waals surface area contributed by atoms with Gasteiger partial charge in [0.1, 0.15) is 6.54 Å². The second-order valence-electron chi connectivity index (χ2n) is 6.00. The molecule has 2 rings (SSSR count). The molecule has 0 aromatic carbocycles. The highest BCUT2D eigenvalue weighted by Crippen LogP contribution is 2.46. The first-order chi connectivity index (χ1) is 9.51. The lowest BCUT2D eigenvalue weighted by Crippen LogP contribution is -2.51. The quantitative estimate of drug-likeness (QED) is 0.734. The van der Waals surface area contributed by atoms with Crippen molar-refractivity contribution in [3.63, 3.8) is 0 Å². The fourth-order valence-electron chi connectivity index (χ4n) is 3.50. The molecule has 0 aromatic rings. The number of hydrogen-bond donors (Lipinski definition) is 0. The standard InChI is InChI=1S/C15H24N2O3/c1-3-16(4-2)14(20)11-17-12(18)9-15(10-13(17)19)7-5-6-8-15/h3-11H2,1-2H3. The van der Waals surface area contributed by atoms with Gasteiger partial charge in [0.15, 0.2) is 0 Å². The summed E-state index contributed by atoms with van der Waals surface area (Å²) in [6.45, 7) is 4.92. The van der Waals surface area contributed by atoms with E-state index in [0.717, 1.165) is 25.7 Å². The van der Waals surface area contributed by atoms with Crippen molar-refractivity contribution in [2.45, 2.75) is 52.4 Å². The summed E-state index contributed by atoms with van der Waals surface area (Å²) in [4.78, 5) is 39.4. The molecule has 2 aliphatic rings. The summed E-state index contributed by atoms with van der Waals surface area (Å²) >= 11 is 0. The minimum atomic E-state index is -0.163. The number of likely N-dealkylation sites (tertiary alicyclic amines) is 1. The van der Waals surface area contributed by atoms with E-state index in [9.17, 15) is 14.4 Å². The van der Waals surface area contributed by atoms with Crippen molar-refractivity contribution in [1.29, 1.82) is 0 Å². The van der Waals surface area contributed by atoms with Crippen molar-refractivity contribution in [2.75, 3.05) is 19.6 Å². The highest BCUT2D eigenvalue weighted by Gasteiger charge is 2.45. The van der Waals surface area contributed by atoms with Crippen molar-refractivity contribution in [3.05, 3.63) is 0 Å². The van der Waals surface area contributed by atoms with Crippen LogP contribution in [0.25, 0.3) is 0 Å². The average molecular weight is 280 g/mol. The number of amides is 3. The monoisotopic (exact) mass is 280 g/mol. The van der Waals surface area contributed by atoms with Crippen molar-refractivity contribution >= 4 is 17.7 Å². The number of carbonyl (C=O) groups excluding carboxylic acids is 3. The minimum absolute atomic E-state index is 0.0879. The molecule has 1 spiro atoms. The van der Waals surface area contributed by atoms with Crippen LogP contribution in [0.4, 0.5) is 0 Å². The lowest BCUT2D eigenvalue weighted by atomic mass is 9.76. The topological polar surface area (TPSA) is 57.7 Å². The normalized spacial score (nSPS) is 21.6. The molecule has 5 heteroatoms. The number of likely N-dealkylation sites (N-methyl/N-ethyl adjacent to an activating group) is 1. The summed E-state index contributed by atoms with van der Waals surface area (Å²) < 4.78 is 0. The number of nitrogens with zero attached hydrogens (tertiary/aromatic N) is 2. The van der Waals surface area contributed by atoms with Crippen molar-refractivity contribution in [1.82, 2.24) is 9.80 Å². The summed E-state index contributed by atoms with van der Waals surface area (Å²) in [6, 6.07) is 0. The van der Waals surface area contributed by atoms with Crippen LogP contribution in [0, 0.1) is 5.41 Å². The maximum absolute atomic E-state index is 12.2. The molecule has 5 nitrogen and oxygen atoms in total. The van der Waals surface area contributed by atoms with Crippen LogP contribution in [0.1, 0.15) is 52.4 Å². The van der Waals surface area contributed by atoms with Crippen LogP contribution in [-0.2, 0) is 14.4 Å². The van der Waals surface area contributed by atoms with Gasteiger partial charge in [-0.25, -0.2) is 0 Å². The van der Waals surface area contributed by atoms with E-state index in [1.165, 1.54) is 4.90 Å². The fourth-order valence-corrected chi connectivity index (χ4v) is 3.50. The van der Waals surface area contributed by atoms with Gasteiger partial charge in [0, 0.05) is 25.9 Å². The van der Waals surface area contributed by atoms with Gasteiger partial charge in [0.2, 0.25) is 17.7 Å². The predicted octanol–water partition coefficient (Wildman–Crippen LogP) is 1.56. The molecule has 1 saturated heterocycles. The lowest BCUT2D eigenvalue weighted by Gasteiger charge is -2.37. The summed E-state index contributed by atoms with van der Waals surface area (Å²) in [7, 11) is 0. The van der Waals surface area contributed by atoms with Crippen LogP contribution < -0.4 is 0 Å². The fraction of sp³-hybridized carbons (Fsp3) is 0.800. The Bertz CT molecular complexity index is 389. The van der Waals surface area contributed by atoms with Gasteiger partial charge in [0.05, 0.1) is 0 Å². The zero-order valence-electron chi connectivity index (χ0n) is 12.5. The van der Waals surface area contributed by atoms with Gasteiger partial charge in [-0.1, -0.05) is 12.8 Å². The van der Waals surface area contributed by atoms with Gasteiger partial charge in [-0.3, -0.25) is 19.3 Å². The van der Waals surface area contributed by atoms with E-state index in [2.05, 4.69) is 0 Å². The molecule has 0 unspecified atom stereocenters. The molecule has 2 fully saturated rings. The lowest BCUT2D eigenvalue weighted by molar-refractivity contribution is -0.157. The van der Waals surface area contributed by atoms with Crippen LogP contribution in [0.2, 0.25) is 0 Å². The van der Waals surface area contributed by atoms with Crippen LogP contribution in [-0.4, -0.2) is 47.2 Å². The Kier molecular flexibility index (Phi) is 4.45. The molecular weight excluding hydrogens is 256 g/mol. The van der Waals surface area contributed by atoms with Crippen molar-refractivity contribution in [2.24, 2.45) is 5.41 Å². The Morgan fingerprint density at radius 1 is 1.10 bits per heavy atom. The molecule has 0 atom stereocenters. The third-order valence-electron chi connectivity index (χ3n) is 4.73. The molecule has 0 radical (unpaired) electrons. The molecule has 1 aliphatic heterocycles. The first kappa shape index (κ1) is 15.0. The van der Waals surface area contributed by atoms with Crippen molar-refractivity contribution < 1.29 is 14.4 Å². The molecular formula is C15H24N2O3. The largest absolute Gasteiger partial charge is 0.342 e. The molecule has 1 saturated carbocycles. The van der Waals surface area contributed by atoms with E-state index in [1.807, 2.05) is 13.8 Å². The molecule has 1 aliphatic carbocycles. The second kappa shape index (κ2) is 5.94. The molecule has 0 aromatic heterocycles. The van der Waals surface area contributed by atoms with Crippen LogP contribution in [0.15, 0.2) is 0 Å². The molecule has 20 heavy (non-hydrogen) atoms. The van der Waals surface area contributed by atoms with E-state index in [0.29, 0.717) is 25.9 Å². The number of carbonyl (C=O) groups is 3. The average Bonchev–Trinajstić information content (AvgIpc) is 2.83. The van der Waals surface area contributed by atoms with E-state index in [1.54, 1.807) is 4.90 Å². The van der Waals surface area contributed by atoms with Gasteiger partial charge in [-0.2, -0.15) is 0 Å². The Balaban J connectivity index is 2.01. The summed E-state index contributed by atoms with van der Waals surface area (Å²) in [5, 5.41) is 0. The van der Waals surface area contributed by atoms with E-state index >= 15 is 0 Å². The zero-order chi connectivity index (χ0) is 14.8. The molecule has 112 valence electrons. The third kappa shape index (κ3) is 2.86. The van der Waals surface area contributed by atoms with E-state index in [-0.39, 0.29) is 29.7 Å². The summed E-state index contributed by atoms with van der Waals surface area (Å²) in [6.07, 6.45) is 5.04. The molecule has 0 N–H and O–H groups in total. The maximum atomic E-state index is 12.2. The molecule has 1 heterocycles. The summed E-state index contributed by atoms with van der Waals surface area (Å²) in [5.74, 6) is -0.466. The Labute approximate surface area is 120 Å². The Morgan fingerprint density at radius 2 is 1.60 bits per heavy atom. The highest BCUT2D eigenvalue weighted by molar-refractivity contribution is 6.01. The van der Waals surface area contributed by atoms with Gasteiger partial charge in [-0.05, 0) is 32.1 Å². The Morgan fingerprint density at radius 3 is 2.05 bits per heavy atom. The number of imide groups is 1. The molecule has 0 bridgehead atoms. The first-order valence-corrected chi connectivity index (χ1v) is 7.62. The minimum Gasteiger partial charge on any atom is -0.342 e. The molecule has 3 amide bonds. The van der Waals surface area contributed by atoms with Crippen molar-refractivity contribution in [3.8, 4) is 0 Å². The van der Waals surface area contributed by atoms with E-state index in [4.69, 9.17) is 0 Å². The first-order valence-electron chi connectivity index (χ1n) is 7.62. The SMILES string of the molecule is CCN(CC)C(=O)CN1C(=O)CC2(CCCC2)CC1=O. The highest BCUT2D eigenvalue weighted by atomic mass is 16.2. The van der Waals surface area contributed by atoms with Gasteiger partial charge in [-0.15, -0.1) is 0 Å². The summed E-state index contributed by atoms with van der Waals surface area (Å²) in [5.41, 5.74) is -0.0943. The van der Waals surface area contributed by atoms with E-state index < -0.39 is 0 Å². The number of hydrogen-bond acceptors (Lipinski definition) is 3. The number of piperidine rings is 1. The Hall–Kier alpha value is -1.39. The van der Waals surface area contributed by atoms with Gasteiger partial charge in [0.25, 0.3) is 0 Å². The van der Waals surface area contributed by atoms with Crippen LogP contribution >= 0.6 is 0 Å². The second-order valence-corrected chi connectivity index (χ2v) is 6.00. The zero-order valence-corrected chi connectivity index (χ0v) is 12.5. The van der Waals surface area contributed by atoms with Gasteiger partial charge >= 0.3 is 0 Å². The van der Waals surface area contributed by atoms with Crippen LogP contribution in [0.5, 0.6) is 0 Å². The smallest absolute Gasteiger partial charge is 0.242 e. The van der Waals surface area contributed by atoms with Crippen LogP contribution in [0.3, 0.4) is 0 Å². The number of rotatable bonds is 4.